The zero-order valence-electron chi connectivity index (χ0n) is 77.7. The first-order valence-electron chi connectivity index (χ1n) is 44.8. The van der Waals surface area contributed by atoms with Crippen LogP contribution in [0.15, 0.2) is 110 Å². The monoisotopic (exact) mass is 2520 g/mol. The van der Waals surface area contributed by atoms with E-state index in [4.69, 9.17) is 69.6 Å². The summed E-state index contributed by atoms with van der Waals surface area (Å²) in [5, 5.41) is 25.1. The van der Waals surface area contributed by atoms with Gasteiger partial charge in [0.2, 0.25) is 11.6 Å². The summed E-state index contributed by atoms with van der Waals surface area (Å²) in [6, 6.07) is 26.0. The number of thiophene rings is 12. The van der Waals surface area contributed by atoms with Crippen molar-refractivity contribution in [2.75, 3.05) is 0 Å². The molecule has 0 spiro atoms. The van der Waals surface area contributed by atoms with Gasteiger partial charge in [-0.25, -0.2) is 0 Å². The van der Waals surface area contributed by atoms with E-state index in [1.165, 1.54) is 313 Å². The maximum atomic E-state index is 11.8. The number of carbonyl (C=O) groups excluding carboxylic acids is 2. The van der Waals surface area contributed by atoms with Gasteiger partial charge in [0.1, 0.15) is 0 Å². The number of fused-ring (bicyclic) bond motifs is 6. The summed E-state index contributed by atoms with van der Waals surface area (Å²) in [5.74, 6) is 3.63. The molecule has 5 atom stereocenters. The van der Waals surface area contributed by atoms with E-state index in [-0.39, 0.29) is 25.1 Å². The number of hydrogen-bond acceptors (Lipinski definition) is 22. The van der Waals surface area contributed by atoms with E-state index in [1.54, 1.807) is 48.5 Å². The zero-order valence-corrected chi connectivity index (χ0v) is 107. The van der Waals surface area contributed by atoms with Crippen molar-refractivity contribution >= 4 is 435 Å². The van der Waals surface area contributed by atoms with Crippen LogP contribution in [-0.2, 0) is 175 Å². The van der Waals surface area contributed by atoms with Crippen LogP contribution in [0.4, 0.5) is 0 Å². The summed E-state index contributed by atoms with van der Waals surface area (Å²) in [4.78, 5) is 45.9. The standard InChI is InChI=1S/C35H41Cl2S4.C34H40Cl2S4.C12H19ClS.C10H4O2S2.C4H3ClS.3CH3.S5.S4.S3.S2.H2S.Sn/c1-6-10-12-22(8-3)17-28-26(36)19-30(40-28)32-24-14-15-38-34(24)33(25-16-21(5)39-35(25)32)31-20-27(37)29(41-31)18-23(9-4)13-11-7-2;1-5-9-11-21(7-3)17-27-25(35)19-29(39-27)31-23-13-15-38-34(23)32(24-14-16-37-33(24)31)30-20-26(36)28(40-30)18-22(8-4)12-10-6-2;1-3-5-6-10(4-2)9-12-11(13)7-8-14-12;11-7-5-1-3-13-9(5)8(12)6-2-4-14-10(6)7;5-4-1-2-6-3-4;;;;1-3-5-4-2;1-3-4-2;1-3-2;1-2;;/h14,16,19-20,22-23H,6-13,17-18H2,1-5H3;13-16,19-22H,5-12,17-18H2,1-4H3;7-8,10H,3-6,9H2,1-2H3;1-4H;1-3H;3*1H3;;;;;1H2;. The number of benzene rings is 2. The van der Waals surface area contributed by atoms with Crippen LogP contribution in [0.3, 0.4) is 0 Å². The molecule has 0 bridgehead atoms. The van der Waals surface area contributed by atoms with Gasteiger partial charge in [0, 0.05) is 215 Å². The maximum absolute atomic E-state index is 11.8. The normalized spacial score (nSPS) is 12.4. The molecule has 1 aliphatic carbocycles. The van der Waals surface area contributed by atoms with Gasteiger partial charge in [0.25, 0.3) is 0 Å². The summed E-state index contributed by atoms with van der Waals surface area (Å²) >= 11 is 91.8. The van der Waals surface area contributed by atoms with Crippen LogP contribution in [0, 0.1) is 36.5 Å². The molecule has 134 heavy (non-hydrogen) atoms. The average molecular weight is 2530 g/mol. The van der Waals surface area contributed by atoms with Crippen LogP contribution < -0.4 is 2.89 Å². The Kier molecular flexibility index (Phi) is 61.5. The number of hydrogen-bond donors (Lipinski definition) is 0. The minimum atomic E-state index is -2.37. The number of rotatable bonds is 35. The Morgan fingerprint density at radius 1 is 0.358 bits per heavy atom. The van der Waals surface area contributed by atoms with Crippen molar-refractivity contribution in [2.45, 2.75) is 252 Å². The molecule has 12 aromatic heterocycles. The molecule has 0 radical (unpaired) electrons. The van der Waals surface area contributed by atoms with Crippen molar-refractivity contribution in [3.05, 3.63) is 191 Å². The fraction of sp³-hybridized carbons (Fsp3) is 0.449. The molecular formula is C98H118Cl6O2S27Sn. The molecule has 12 heterocycles. The van der Waals surface area contributed by atoms with E-state index < -0.39 is 18.4 Å². The van der Waals surface area contributed by atoms with Gasteiger partial charge in [-0.3, -0.25) is 9.59 Å². The molecule has 0 aliphatic heterocycles. The summed E-state index contributed by atoms with van der Waals surface area (Å²) < 4.78 is 7.22. The Hall–Kier alpha value is 1.19. The van der Waals surface area contributed by atoms with Gasteiger partial charge < -0.3 is 0 Å². The molecular weight excluding hydrogens is 2410 g/mol. The molecule has 0 fully saturated rings. The molecule has 1 aliphatic rings. The molecule has 730 valence electrons. The van der Waals surface area contributed by atoms with Gasteiger partial charge in [0.15, 0.2) is 0 Å². The Morgan fingerprint density at radius 3 is 0.955 bits per heavy atom. The number of carbonyl (C=O) groups is 2. The molecule has 0 amide bonds. The summed E-state index contributed by atoms with van der Waals surface area (Å²) in [6.45, 7) is 25.3. The molecule has 2 aromatic carbocycles. The quantitative estimate of drug-likeness (QED) is 0.0358. The fourth-order valence-corrected chi connectivity index (χ4v) is 38.5. The van der Waals surface area contributed by atoms with Crippen LogP contribution in [0.1, 0.15) is 257 Å². The molecule has 0 saturated carbocycles. The SMILES string of the molecule is CCCCC(CC)Cc1sc(-c2c3c[c]([Sn]([CH3])([CH3])[CH3])sc3c(-c3cc(Cl)c(CC(CC)CCCC)s3)c3cc(C)sc23)cc1Cl.CCCCC(CC)Cc1sc(-c2c3ccsc3c(-c3cc(Cl)c(CC(CC)CCCC)s3)c3ccsc23)cc1Cl.CCCCC(CC)Cc1sccc1Cl.Clc1ccsc1.O=C1c2ccsc2C(=O)c2ccsc21.S.S=S.S=S=S.S=S=S=S.S=S=S=S=S. The molecule has 2 nitrogen and oxygen atoms in total. The van der Waals surface area contributed by atoms with Crippen molar-refractivity contribution in [1.29, 1.82) is 0 Å². The Balaban J connectivity index is 0.000000277. The molecule has 14 aromatic rings. The number of unbranched alkanes of at least 4 members (excludes halogenated alkanes) is 5. The van der Waals surface area contributed by atoms with E-state index >= 15 is 0 Å². The third-order valence-corrected chi connectivity index (χ3v) is 54.2. The van der Waals surface area contributed by atoms with Crippen molar-refractivity contribution < 1.29 is 9.59 Å². The van der Waals surface area contributed by atoms with E-state index in [1.807, 2.05) is 102 Å². The molecule has 36 heteroatoms. The number of ketones is 2. The second-order valence-electron chi connectivity index (χ2n) is 33.2. The van der Waals surface area contributed by atoms with Crippen molar-refractivity contribution in [3.63, 3.8) is 0 Å². The van der Waals surface area contributed by atoms with Crippen LogP contribution in [0.5, 0.6) is 0 Å². The minimum Gasteiger partial charge on any atom is -0.288 e. The predicted molar refractivity (Wildman–Crippen MR) is 668 cm³/mol. The topological polar surface area (TPSA) is 34.1 Å². The van der Waals surface area contributed by atoms with Gasteiger partial charge in [-0.1, -0.05) is 179 Å². The van der Waals surface area contributed by atoms with Gasteiger partial charge in [0.05, 0.1) is 29.8 Å². The summed E-state index contributed by atoms with van der Waals surface area (Å²) in [5.41, 5.74) is 6.67. The third kappa shape index (κ3) is 36.3. The fourth-order valence-electron chi connectivity index (χ4n) is 15.9. The van der Waals surface area contributed by atoms with Crippen LogP contribution in [0.2, 0.25) is 45.0 Å². The van der Waals surface area contributed by atoms with Gasteiger partial charge in [-0.2, -0.15) is 24.8 Å². The second-order valence-corrected chi connectivity index (χ2v) is 74.0. The largest absolute Gasteiger partial charge is 0.288 e. The van der Waals surface area contributed by atoms with Crippen molar-refractivity contribution in [1.82, 2.24) is 0 Å². The third-order valence-electron chi connectivity index (χ3n) is 23.2. The maximum Gasteiger partial charge on any atom is 0.205 e. The van der Waals surface area contributed by atoms with Gasteiger partial charge in [-0.05, 0) is 118 Å². The molecule has 0 saturated heterocycles. The minimum absolute atomic E-state index is 0. The van der Waals surface area contributed by atoms with E-state index in [2.05, 4.69) is 256 Å². The van der Waals surface area contributed by atoms with Gasteiger partial charge in [-0.15, -0.1) is 79.4 Å². The van der Waals surface area contributed by atoms with Crippen LogP contribution >= 0.6 is 219 Å². The second kappa shape index (κ2) is 66.5. The zero-order chi connectivity index (χ0) is 97.4. The first-order valence-corrected chi connectivity index (χ1v) is 80.6. The first-order chi connectivity index (χ1) is 64.2. The molecule has 5 unspecified atom stereocenters. The van der Waals surface area contributed by atoms with E-state index in [0.717, 1.165) is 70.6 Å². The van der Waals surface area contributed by atoms with E-state index in [0.29, 0.717) is 44.6 Å². The smallest absolute Gasteiger partial charge is 0.205 e. The van der Waals surface area contributed by atoms with Gasteiger partial charge >= 0.3 is 291 Å². The Morgan fingerprint density at radius 2 is 0.679 bits per heavy atom. The summed E-state index contributed by atoms with van der Waals surface area (Å²) in [6.07, 6.45) is 31.1. The first kappa shape index (κ1) is 124. The molecule has 15 rings (SSSR count). The predicted octanol–water partition coefficient (Wildman–Crippen LogP) is 39.9. The average Bonchev–Trinajstić information content (AvgIpc) is 1.57. The Labute approximate surface area is 944 Å². The molecule has 0 N–H and O–H groups in total. The number of halogens is 6. The summed E-state index contributed by atoms with van der Waals surface area (Å²) in [7, 11) is 7.21. The van der Waals surface area contributed by atoms with Crippen molar-refractivity contribution in [2.24, 2.45) is 29.6 Å². The van der Waals surface area contributed by atoms with Crippen LogP contribution in [0.25, 0.3) is 82.1 Å². The Bertz CT molecular complexity index is 5820. The van der Waals surface area contributed by atoms with E-state index in [9.17, 15) is 9.59 Å². The van der Waals surface area contributed by atoms with Crippen LogP contribution in [-0.4, -0.2) is 29.9 Å². The van der Waals surface area contributed by atoms with Crippen molar-refractivity contribution in [3.8, 4) is 41.8 Å². The number of aryl methyl sites for hydroxylation is 1.